The lowest BCUT2D eigenvalue weighted by Gasteiger charge is -2.56. The Balaban J connectivity index is 1.37. The molecule has 0 aromatic heterocycles. The van der Waals surface area contributed by atoms with Gasteiger partial charge in [0.2, 0.25) is 0 Å². The highest BCUT2D eigenvalue weighted by molar-refractivity contribution is 5.86. The lowest BCUT2D eigenvalue weighted by atomic mass is 9.53. The van der Waals surface area contributed by atoms with Gasteiger partial charge in [-0.15, -0.1) is 0 Å². The summed E-state index contributed by atoms with van der Waals surface area (Å²) < 4.78 is 12.3. The Kier molecular flexibility index (Phi) is 4.56. The standard InChI is InChI=1S/C24H30N4O5/c1-26-11-9-24-14-6-7-17(29)21(24)33-20-18(8-5-13(19(20)24)12-16(14)26)32-23(31)28-10-3-4-15(28)22(30)27(2)25/h5-8,14-17,21,29H,3-4,9-12,25H2,1-2H3/t14?,15-,16?,17-,21-,24-/m0/s1. The number of hydrogen-bond donors (Lipinski definition) is 2. The van der Waals surface area contributed by atoms with Crippen LogP contribution in [0.2, 0.25) is 0 Å². The molecule has 176 valence electrons. The van der Waals surface area contributed by atoms with E-state index in [-0.39, 0.29) is 17.2 Å². The van der Waals surface area contributed by atoms with Crippen LogP contribution in [0.3, 0.4) is 0 Å². The first-order valence-corrected chi connectivity index (χ1v) is 11.7. The predicted octanol–water partition coefficient (Wildman–Crippen LogP) is 0.788. The van der Waals surface area contributed by atoms with Gasteiger partial charge in [-0.3, -0.25) is 14.7 Å². The fraction of sp³-hybridized carbons (Fsp3) is 0.583. The van der Waals surface area contributed by atoms with Crippen LogP contribution in [0.25, 0.3) is 0 Å². The van der Waals surface area contributed by atoms with E-state index in [1.54, 1.807) is 6.07 Å². The normalized spacial score (nSPS) is 35.8. The third-order valence-corrected chi connectivity index (χ3v) is 8.45. The number of carbonyl (C=O) groups is 2. The molecule has 6 atom stereocenters. The fourth-order valence-corrected chi connectivity index (χ4v) is 6.94. The van der Waals surface area contributed by atoms with Crippen molar-refractivity contribution < 1.29 is 24.2 Å². The van der Waals surface area contributed by atoms with Crippen molar-refractivity contribution in [2.45, 2.75) is 55.4 Å². The van der Waals surface area contributed by atoms with Crippen LogP contribution in [0.5, 0.6) is 11.5 Å². The number of carbonyl (C=O) groups excluding carboxylic acids is 2. The molecule has 6 rings (SSSR count). The molecule has 2 amide bonds. The van der Waals surface area contributed by atoms with Gasteiger partial charge in [-0.25, -0.2) is 10.6 Å². The molecule has 0 radical (unpaired) electrons. The van der Waals surface area contributed by atoms with Crippen LogP contribution in [-0.2, 0) is 16.6 Å². The van der Waals surface area contributed by atoms with Gasteiger partial charge in [0.05, 0.1) is 0 Å². The van der Waals surface area contributed by atoms with E-state index < -0.39 is 24.3 Å². The van der Waals surface area contributed by atoms with Crippen molar-refractivity contribution in [3.05, 3.63) is 35.4 Å². The molecule has 1 aromatic carbocycles. The molecule has 9 heteroatoms. The van der Waals surface area contributed by atoms with Crippen LogP contribution in [-0.4, -0.2) is 83.4 Å². The van der Waals surface area contributed by atoms with Crippen molar-refractivity contribution in [1.29, 1.82) is 0 Å². The molecular formula is C24H30N4O5. The van der Waals surface area contributed by atoms with Crippen molar-refractivity contribution in [3.63, 3.8) is 0 Å². The van der Waals surface area contributed by atoms with Gasteiger partial charge in [0, 0.05) is 36.5 Å². The van der Waals surface area contributed by atoms with E-state index in [1.807, 2.05) is 12.1 Å². The van der Waals surface area contributed by atoms with Crippen LogP contribution in [0.4, 0.5) is 4.79 Å². The number of nitrogens with zero attached hydrogens (tertiary/aromatic N) is 3. The second kappa shape index (κ2) is 7.19. The zero-order chi connectivity index (χ0) is 23.1. The Bertz CT molecular complexity index is 1060. The minimum absolute atomic E-state index is 0.241. The Morgan fingerprint density at radius 3 is 2.91 bits per heavy atom. The molecule has 0 saturated carbocycles. The van der Waals surface area contributed by atoms with Gasteiger partial charge < -0.3 is 19.5 Å². The lowest BCUT2D eigenvalue weighted by molar-refractivity contribution is -0.134. The van der Waals surface area contributed by atoms with E-state index in [0.29, 0.717) is 36.9 Å². The lowest BCUT2D eigenvalue weighted by Crippen LogP contribution is -2.64. The molecule has 3 heterocycles. The minimum atomic E-state index is -0.715. The summed E-state index contributed by atoms with van der Waals surface area (Å²) in [6, 6.07) is 3.55. The zero-order valence-corrected chi connectivity index (χ0v) is 18.9. The van der Waals surface area contributed by atoms with E-state index in [4.69, 9.17) is 15.3 Å². The van der Waals surface area contributed by atoms with E-state index in [1.165, 1.54) is 17.5 Å². The third kappa shape index (κ3) is 2.76. The molecule has 3 N–H and O–H groups in total. The SMILES string of the molecule is CN(N)C(=O)[C@@H]1CCCN1C(=O)Oc1ccc2c3c1O[C@H]1[C@@H](O)C=CC4C(C2)N(C)CC[C@@]341. The van der Waals surface area contributed by atoms with Crippen LogP contribution in [0.1, 0.15) is 30.4 Å². The summed E-state index contributed by atoms with van der Waals surface area (Å²) >= 11 is 0. The van der Waals surface area contributed by atoms with Crippen LogP contribution < -0.4 is 15.3 Å². The maximum absolute atomic E-state index is 13.1. The number of amides is 2. The zero-order valence-electron chi connectivity index (χ0n) is 18.9. The van der Waals surface area contributed by atoms with Gasteiger partial charge >= 0.3 is 6.09 Å². The van der Waals surface area contributed by atoms with Crippen LogP contribution in [0.15, 0.2) is 24.3 Å². The van der Waals surface area contributed by atoms with Crippen molar-refractivity contribution in [1.82, 2.24) is 14.8 Å². The maximum Gasteiger partial charge on any atom is 0.416 e. The summed E-state index contributed by atoms with van der Waals surface area (Å²) in [5, 5.41) is 11.9. The average molecular weight is 455 g/mol. The number of benzene rings is 1. The van der Waals surface area contributed by atoms with Crippen molar-refractivity contribution in [3.8, 4) is 11.5 Å². The largest absolute Gasteiger partial charge is 0.482 e. The molecule has 1 aromatic rings. The predicted molar refractivity (Wildman–Crippen MR) is 119 cm³/mol. The monoisotopic (exact) mass is 454 g/mol. The summed E-state index contributed by atoms with van der Waals surface area (Å²) in [4.78, 5) is 29.4. The van der Waals surface area contributed by atoms with E-state index in [2.05, 4.69) is 18.0 Å². The molecule has 5 aliphatic rings. The Morgan fingerprint density at radius 1 is 1.30 bits per heavy atom. The molecular weight excluding hydrogens is 424 g/mol. The molecule has 2 unspecified atom stereocenters. The number of rotatable bonds is 2. The van der Waals surface area contributed by atoms with Crippen molar-refractivity contribution >= 4 is 12.0 Å². The molecule has 2 saturated heterocycles. The van der Waals surface area contributed by atoms with Crippen LogP contribution in [0, 0.1) is 5.92 Å². The summed E-state index contributed by atoms with van der Waals surface area (Å²) in [6.45, 7) is 1.37. The maximum atomic E-state index is 13.1. The van der Waals surface area contributed by atoms with Gasteiger partial charge in [-0.2, -0.15) is 0 Å². The van der Waals surface area contributed by atoms with Gasteiger partial charge in [-0.1, -0.05) is 18.2 Å². The van der Waals surface area contributed by atoms with Gasteiger partial charge in [0.25, 0.3) is 5.91 Å². The van der Waals surface area contributed by atoms with Crippen LogP contribution >= 0.6 is 0 Å². The number of nitrogens with two attached hydrogens (primary N) is 1. The number of aliphatic hydroxyl groups excluding tert-OH is 1. The molecule has 9 nitrogen and oxygen atoms in total. The highest BCUT2D eigenvalue weighted by Gasteiger charge is 2.64. The first-order chi connectivity index (χ1) is 15.8. The van der Waals surface area contributed by atoms with Gasteiger partial charge in [0.15, 0.2) is 11.5 Å². The molecule has 2 bridgehead atoms. The summed E-state index contributed by atoms with van der Waals surface area (Å²) in [6.07, 6.45) is 5.36. The van der Waals surface area contributed by atoms with Gasteiger partial charge in [-0.05, 0) is 50.9 Å². The molecule has 1 spiro atoms. The van der Waals surface area contributed by atoms with Crippen molar-refractivity contribution in [2.75, 3.05) is 27.2 Å². The number of likely N-dealkylation sites (N-methyl/N-ethyl adjacent to an activating group) is 2. The minimum Gasteiger partial charge on any atom is -0.482 e. The Morgan fingerprint density at radius 2 is 2.12 bits per heavy atom. The Labute approximate surface area is 192 Å². The molecule has 33 heavy (non-hydrogen) atoms. The summed E-state index contributed by atoms with van der Waals surface area (Å²) in [5.74, 6) is 6.48. The highest BCUT2D eigenvalue weighted by atomic mass is 16.6. The number of ether oxygens (including phenoxy) is 2. The first-order valence-electron chi connectivity index (χ1n) is 11.7. The number of likely N-dealkylation sites (tertiary alicyclic amines) is 2. The summed E-state index contributed by atoms with van der Waals surface area (Å²) in [7, 11) is 3.64. The first kappa shape index (κ1) is 20.9. The van der Waals surface area contributed by atoms with Crippen molar-refractivity contribution in [2.24, 2.45) is 11.8 Å². The second-order valence-corrected chi connectivity index (χ2v) is 10.1. The Hall–Kier alpha value is -2.62. The number of piperidine rings is 1. The molecule has 2 fully saturated rings. The van der Waals surface area contributed by atoms with Gasteiger partial charge in [0.1, 0.15) is 18.2 Å². The number of hydrazine groups is 1. The number of hydrogen-bond acceptors (Lipinski definition) is 7. The summed E-state index contributed by atoms with van der Waals surface area (Å²) in [5.41, 5.74) is 1.97. The third-order valence-electron chi connectivity index (χ3n) is 8.45. The highest BCUT2D eigenvalue weighted by Crippen LogP contribution is 2.62. The average Bonchev–Trinajstić information content (AvgIpc) is 3.41. The van der Waals surface area contributed by atoms with E-state index >= 15 is 0 Å². The fourth-order valence-electron chi connectivity index (χ4n) is 6.94. The van der Waals surface area contributed by atoms with E-state index in [0.717, 1.165) is 30.0 Å². The number of aliphatic hydroxyl groups is 1. The second-order valence-electron chi connectivity index (χ2n) is 10.1. The van der Waals surface area contributed by atoms with E-state index in [9.17, 15) is 14.7 Å². The smallest absolute Gasteiger partial charge is 0.416 e. The molecule has 3 aliphatic heterocycles. The topological polar surface area (TPSA) is 109 Å². The molecule has 2 aliphatic carbocycles. The quantitative estimate of drug-likeness (QED) is 0.294.